The molecule has 1 atom stereocenters. The maximum Gasteiger partial charge on any atom is 0.134 e. The van der Waals surface area contributed by atoms with Crippen LogP contribution in [0.15, 0.2) is 53.1 Å². The van der Waals surface area contributed by atoms with E-state index in [0.29, 0.717) is 6.54 Å². The Morgan fingerprint density at radius 2 is 1.89 bits per heavy atom. The van der Waals surface area contributed by atoms with Gasteiger partial charge in [-0.1, -0.05) is 18.2 Å². The molecule has 2 aliphatic heterocycles. The molecule has 1 unspecified atom stereocenters. The highest BCUT2D eigenvalue weighted by Crippen LogP contribution is 2.39. The van der Waals surface area contributed by atoms with Crippen LogP contribution in [0.4, 0.5) is 5.69 Å². The zero-order valence-corrected chi connectivity index (χ0v) is 15.5. The zero-order chi connectivity index (χ0) is 18.4. The summed E-state index contributed by atoms with van der Waals surface area (Å²) in [7, 11) is 2.06. The fourth-order valence-corrected chi connectivity index (χ4v) is 4.41. The Morgan fingerprint density at radius 3 is 2.74 bits per heavy atom. The first-order valence-electron chi connectivity index (χ1n) is 9.48. The number of benzene rings is 2. The van der Waals surface area contributed by atoms with Crippen molar-refractivity contribution in [1.82, 2.24) is 4.90 Å². The van der Waals surface area contributed by atoms with Crippen LogP contribution in [0, 0.1) is 0 Å². The largest absolute Gasteiger partial charge is 0.464 e. The van der Waals surface area contributed by atoms with Crippen LogP contribution >= 0.6 is 0 Å². The zero-order valence-electron chi connectivity index (χ0n) is 15.5. The first kappa shape index (κ1) is 16.8. The van der Waals surface area contributed by atoms with E-state index in [1.165, 1.54) is 11.3 Å². The van der Waals surface area contributed by atoms with E-state index < -0.39 is 5.60 Å². The summed E-state index contributed by atoms with van der Waals surface area (Å²) in [4.78, 5) is 4.53. The molecular weight excluding hydrogens is 340 g/mol. The summed E-state index contributed by atoms with van der Waals surface area (Å²) >= 11 is 0. The molecule has 0 radical (unpaired) electrons. The van der Waals surface area contributed by atoms with Gasteiger partial charge in [0.05, 0.1) is 19.5 Å². The molecule has 0 amide bonds. The van der Waals surface area contributed by atoms with Gasteiger partial charge in [0.2, 0.25) is 0 Å². The lowest BCUT2D eigenvalue weighted by Crippen LogP contribution is -2.45. The minimum atomic E-state index is -1.05. The van der Waals surface area contributed by atoms with Crippen molar-refractivity contribution in [3.05, 3.63) is 65.4 Å². The molecule has 0 spiro atoms. The van der Waals surface area contributed by atoms with Gasteiger partial charge >= 0.3 is 0 Å². The van der Waals surface area contributed by atoms with E-state index in [2.05, 4.69) is 35.0 Å². The van der Waals surface area contributed by atoms with Gasteiger partial charge in [-0.2, -0.15) is 0 Å². The summed E-state index contributed by atoms with van der Waals surface area (Å²) < 4.78 is 11.0. The van der Waals surface area contributed by atoms with Gasteiger partial charge in [0.1, 0.15) is 11.2 Å². The van der Waals surface area contributed by atoms with Crippen molar-refractivity contribution in [2.24, 2.45) is 0 Å². The predicted molar refractivity (Wildman–Crippen MR) is 105 cm³/mol. The van der Waals surface area contributed by atoms with Gasteiger partial charge < -0.3 is 19.2 Å². The molecule has 5 nitrogen and oxygen atoms in total. The Balaban J connectivity index is 1.58. The number of ether oxygens (including phenoxy) is 1. The molecule has 1 saturated heterocycles. The lowest BCUT2D eigenvalue weighted by atomic mass is 9.80. The predicted octanol–water partition coefficient (Wildman–Crippen LogP) is 2.95. The van der Waals surface area contributed by atoms with Crippen LogP contribution in [-0.4, -0.2) is 49.9 Å². The summed E-state index contributed by atoms with van der Waals surface area (Å²) in [6.45, 7) is 4.75. The van der Waals surface area contributed by atoms with E-state index in [4.69, 9.17) is 9.15 Å². The number of hydrogen-bond acceptors (Lipinski definition) is 5. The molecule has 2 aliphatic rings. The van der Waals surface area contributed by atoms with Crippen molar-refractivity contribution >= 4 is 16.7 Å². The fourth-order valence-electron chi connectivity index (χ4n) is 4.41. The number of likely N-dealkylation sites (N-methyl/N-ethyl adjacent to an activating group) is 1. The molecule has 3 heterocycles. The van der Waals surface area contributed by atoms with Crippen molar-refractivity contribution in [1.29, 1.82) is 0 Å². The Labute approximate surface area is 158 Å². The van der Waals surface area contributed by atoms with Gasteiger partial charge in [0.25, 0.3) is 0 Å². The third-order valence-electron chi connectivity index (χ3n) is 5.78. The van der Waals surface area contributed by atoms with E-state index in [9.17, 15) is 5.11 Å². The van der Waals surface area contributed by atoms with Crippen molar-refractivity contribution in [3.63, 3.8) is 0 Å². The Kier molecular flexibility index (Phi) is 3.97. The van der Waals surface area contributed by atoms with Crippen molar-refractivity contribution < 1.29 is 14.3 Å². The van der Waals surface area contributed by atoms with E-state index >= 15 is 0 Å². The van der Waals surface area contributed by atoms with E-state index in [1.54, 1.807) is 6.26 Å². The number of furan rings is 1. The van der Waals surface area contributed by atoms with Crippen LogP contribution in [-0.2, 0) is 16.9 Å². The number of fused-ring (bicyclic) bond motifs is 2. The second-order valence-corrected chi connectivity index (χ2v) is 7.65. The van der Waals surface area contributed by atoms with Crippen LogP contribution in [0.2, 0.25) is 0 Å². The lowest BCUT2D eigenvalue weighted by Gasteiger charge is -2.40. The molecule has 0 bridgehead atoms. The van der Waals surface area contributed by atoms with Crippen molar-refractivity contribution in [2.45, 2.75) is 12.1 Å². The average molecular weight is 364 g/mol. The monoisotopic (exact) mass is 364 g/mol. The molecule has 0 aliphatic carbocycles. The van der Waals surface area contributed by atoms with Gasteiger partial charge in [-0.05, 0) is 48.0 Å². The van der Waals surface area contributed by atoms with E-state index in [-0.39, 0.29) is 0 Å². The Morgan fingerprint density at radius 1 is 1.04 bits per heavy atom. The van der Waals surface area contributed by atoms with E-state index in [0.717, 1.165) is 54.9 Å². The van der Waals surface area contributed by atoms with Gasteiger partial charge in [-0.3, -0.25) is 4.90 Å². The summed E-state index contributed by atoms with van der Waals surface area (Å²) in [5.74, 6) is 0. The minimum absolute atomic E-state index is 0.559. The number of aliphatic hydroxyl groups is 1. The normalized spacial score (nSPS) is 23.6. The maximum absolute atomic E-state index is 11.7. The van der Waals surface area contributed by atoms with Crippen molar-refractivity contribution in [2.75, 3.05) is 44.8 Å². The van der Waals surface area contributed by atoms with Crippen LogP contribution in [0.5, 0.6) is 0 Å². The number of rotatable bonds is 2. The molecule has 5 rings (SSSR count). The summed E-state index contributed by atoms with van der Waals surface area (Å²) in [5, 5.41) is 12.8. The minimum Gasteiger partial charge on any atom is -0.464 e. The number of anilines is 1. The van der Waals surface area contributed by atoms with E-state index in [1.807, 2.05) is 24.3 Å². The van der Waals surface area contributed by atoms with Crippen molar-refractivity contribution in [3.8, 4) is 0 Å². The summed E-state index contributed by atoms with van der Waals surface area (Å²) in [6.07, 6.45) is 1.69. The SMILES string of the molecule is CN1Cc2cc(N3CCOCC3)ccc2C(O)(c2ccc3ccoc3c2)C1. The van der Waals surface area contributed by atoms with Crippen LogP contribution < -0.4 is 4.90 Å². The third kappa shape index (κ3) is 2.83. The molecule has 140 valence electrons. The second-order valence-electron chi connectivity index (χ2n) is 7.65. The van der Waals surface area contributed by atoms with Crippen LogP contribution in [0.3, 0.4) is 0 Å². The number of hydrogen-bond donors (Lipinski definition) is 1. The lowest BCUT2D eigenvalue weighted by molar-refractivity contribution is 0.0283. The summed E-state index contributed by atoms with van der Waals surface area (Å²) in [5.41, 5.74) is 4.00. The highest BCUT2D eigenvalue weighted by atomic mass is 16.5. The molecule has 27 heavy (non-hydrogen) atoms. The first-order chi connectivity index (χ1) is 13.1. The topological polar surface area (TPSA) is 49.1 Å². The smallest absolute Gasteiger partial charge is 0.134 e. The standard InChI is InChI=1S/C22H24N2O3/c1-23-14-17-12-19(24-7-10-26-11-8-24)4-5-20(17)22(25,15-23)18-3-2-16-6-9-27-21(16)13-18/h2-6,9,12-13,25H,7-8,10-11,14-15H2,1H3. The van der Waals surface area contributed by atoms with Gasteiger partial charge in [-0.25, -0.2) is 0 Å². The third-order valence-corrected chi connectivity index (χ3v) is 5.78. The number of nitrogens with zero attached hydrogens (tertiary/aromatic N) is 2. The van der Waals surface area contributed by atoms with Gasteiger partial charge in [-0.15, -0.1) is 0 Å². The second kappa shape index (κ2) is 6.37. The maximum atomic E-state index is 11.7. The van der Waals surface area contributed by atoms with Gasteiger partial charge in [0, 0.05) is 37.3 Å². The number of morpholine rings is 1. The quantitative estimate of drug-likeness (QED) is 0.758. The van der Waals surface area contributed by atoms with Crippen LogP contribution in [0.1, 0.15) is 16.7 Å². The summed E-state index contributed by atoms with van der Waals surface area (Å²) in [6, 6.07) is 14.4. The molecular formula is C22H24N2O3. The number of β-amino-alcohol motifs (C(OH)–C–C–N with tert-alkyl or cyclic N) is 1. The molecule has 5 heteroatoms. The van der Waals surface area contributed by atoms with Crippen LogP contribution in [0.25, 0.3) is 11.0 Å². The molecule has 0 saturated carbocycles. The first-order valence-corrected chi connectivity index (χ1v) is 9.48. The molecule has 1 fully saturated rings. The molecule has 1 aromatic heterocycles. The average Bonchev–Trinajstić information content (AvgIpc) is 3.16. The van der Waals surface area contributed by atoms with Gasteiger partial charge in [0.15, 0.2) is 0 Å². The molecule has 1 N–H and O–H groups in total. The highest BCUT2D eigenvalue weighted by molar-refractivity contribution is 5.78. The highest BCUT2D eigenvalue weighted by Gasteiger charge is 2.39. The fraction of sp³-hybridized carbons (Fsp3) is 0.364. The Hall–Kier alpha value is -2.34. The molecule has 3 aromatic rings. The molecule has 2 aromatic carbocycles. The Bertz CT molecular complexity index is 977.